The first-order chi connectivity index (χ1) is 11.8. The summed E-state index contributed by atoms with van der Waals surface area (Å²) in [5.41, 5.74) is -1.06. The Morgan fingerprint density at radius 3 is 2.76 bits per heavy atom. The maximum Gasteiger partial charge on any atom is 0.417 e. The van der Waals surface area contributed by atoms with E-state index in [1.54, 1.807) is 12.3 Å². The van der Waals surface area contributed by atoms with E-state index in [9.17, 15) is 18.0 Å². The summed E-state index contributed by atoms with van der Waals surface area (Å²) < 4.78 is 40.0. The van der Waals surface area contributed by atoms with Gasteiger partial charge in [-0.1, -0.05) is 15.9 Å². The largest absolute Gasteiger partial charge is 0.417 e. The predicted molar refractivity (Wildman–Crippen MR) is 93.7 cm³/mol. The van der Waals surface area contributed by atoms with Crippen LogP contribution in [-0.2, 0) is 6.18 Å². The van der Waals surface area contributed by atoms with E-state index >= 15 is 0 Å². The summed E-state index contributed by atoms with van der Waals surface area (Å²) in [5.74, 6) is 0.126. The van der Waals surface area contributed by atoms with E-state index < -0.39 is 17.3 Å². The lowest BCUT2D eigenvalue weighted by Crippen LogP contribution is -2.12. The molecule has 0 saturated heterocycles. The molecule has 0 radical (unpaired) electrons. The first-order valence-corrected chi connectivity index (χ1v) is 8.64. The third kappa shape index (κ3) is 2.83. The summed E-state index contributed by atoms with van der Waals surface area (Å²) in [5, 5.41) is 2.89. The van der Waals surface area contributed by atoms with Gasteiger partial charge in [0, 0.05) is 10.7 Å². The van der Waals surface area contributed by atoms with E-state index in [0.29, 0.717) is 5.69 Å². The molecule has 0 aliphatic heterocycles. The van der Waals surface area contributed by atoms with Crippen LogP contribution in [0.15, 0.2) is 45.1 Å². The molecule has 4 aromatic rings. The molecule has 3 heterocycles. The maximum atomic E-state index is 13.1. The van der Waals surface area contributed by atoms with Crippen LogP contribution in [0.25, 0.3) is 32.5 Å². The highest BCUT2D eigenvalue weighted by molar-refractivity contribution is 9.10. The van der Waals surface area contributed by atoms with Crippen LogP contribution in [0.1, 0.15) is 5.56 Å². The van der Waals surface area contributed by atoms with Gasteiger partial charge in [-0.2, -0.15) is 13.2 Å². The molecule has 9 heteroatoms. The lowest BCUT2D eigenvalue weighted by molar-refractivity contribution is -0.138. The number of thiophene rings is 1. The van der Waals surface area contributed by atoms with Crippen molar-refractivity contribution in [2.75, 3.05) is 0 Å². The number of hydrogen-bond donors (Lipinski definition) is 1. The molecular formula is C16H7BrF3N3OS. The summed E-state index contributed by atoms with van der Waals surface area (Å²) in [6.45, 7) is 0. The van der Waals surface area contributed by atoms with Gasteiger partial charge in [-0.05, 0) is 35.0 Å². The molecular weight excluding hydrogens is 419 g/mol. The minimum atomic E-state index is -4.55. The molecule has 0 bridgehead atoms. The lowest BCUT2D eigenvalue weighted by Gasteiger charge is -2.10. The summed E-state index contributed by atoms with van der Waals surface area (Å²) >= 11 is 4.38. The molecule has 0 fully saturated rings. The van der Waals surface area contributed by atoms with Crippen molar-refractivity contribution < 1.29 is 13.2 Å². The van der Waals surface area contributed by atoms with Crippen molar-refractivity contribution in [3.63, 3.8) is 0 Å². The number of pyridine rings is 1. The predicted octanol–water partition coefficient (Wildman–Crippen LogP) is 4.98. The Bertz CT molecular complexity index is 1180. The molecule has 126 valence electrons. The van der Waals surface area contributed by atoms with E-state index in [2.05, 4.69) is 30.9 Å². The highest BCUT2D eigenvalue weighted by Gasteiger charge is 2.33. The number of rotatable bonds is 1. The molecule has 4 nitrogen and oxygen atoms in total. The molecule has 1 aromatic carbocycles. The van der Waals surface area contributed by atoms with Crippen molar-refractivity contribution in [1.82, 2.24) is 15.0 Å². The lowest BCUT2D eigenvalue weighted by atomic mass is 10.1. The smallest absolute Gasteiger partial charge is 0.305 e. The Kier molecular flexibility index (Phi) is 3.66. The fourth-order valence-electron chi connectivity index (χ4n) is 2.50. The second-order valence-electron chi connectivity index (χ2n) is 5.29. The molecule has 1 N–H and O–H groups in total. The van der Waals surface area contributed by atoms with Crippen LogP contribution in [0.4, 0.5) is 13.2 Å². The highest BCUT2D eigenvalue weighted by Crippen LogP contribution is 2.36. The van der Waals surface area contributed by atoms with E-state index in [1.807, 2.05) is 11.4 Å². The summed E-state index contributed by atoms with van der Waals surface area (Å²) in [4.78, 5) is 23.3. The van der Waals surface area contributed by atoms with Crippen LogP contribution in [0.5, 0.6) is 0 Å². The third-order valence-electron chi connectivity index (χ3n) is 3.68. The number of aromatic amines is 1. The molecule has 0 atom stereocenters. The van der Waals surface area contributed by atoms with Gasteiger partial charge in [-0.15, -0.1) is 11.3 Å². The molecule has 25 heavy (non-hydrogen) atoms. The summed E-state index contributed by atoms with van der Waals surface area (Å²) in [7, 11) is 0. The molecule has 0 aliphatic carbocycles. The van der Waals surface area contributed by atoms with Crippen LogP contribution in [-0.4, -0.2) is 15.0 Å². The fraction of sp³-hybridized carbons (Fsp3) is 0.0625. The Morgan fingerprint density at radius 2 is 2.00 bits per heavy atom. The maximum absolute atomic E-state index is 13.1. The van der Waals surface area contributed by atoms with Crippen LogP contribution in [0.2, 0.25) is 0 Å². The molecule has 0 aliphatic rings. The number of alkyl halides is 3. The van der Waals surface area contributed by atoms with Crippen LogP contribution in [0, 0.1) is 0 Å². The average Bonchev–Trinajstić information content (AvgIpc) is 3.01. The monoisotopic (exact) mass is 425 g/mol. The zero-order chi connectivity index (χ0) is 17.8. The van der Waals surface area contributed by atoms with Gasteiger partial charge < -0.3 is 4.98 Å². The van der Waals surface area contributed by atoms with Crippen LogP contribution < -0.4 is 5.56 Å². The van der Waals surface area contributed by atoms with Gasteiger partial charge >= 0.3 is 6.18 Å². The minimum absolute atomic E-state index is 0.0403. The molecule has 0 saturated carbocycles. The van der Waals surface area contributed by atoms with Gasteiger partial charge in [0.15, 0.2) is 5.82 Å². The normalized spacial score (nSPS) is 12.2. The number of hydrogen-bond acceptors (Lipinski definition) is 4. The Balaban J connectivity index is 1.96. The average molecular weight is 426 g/mol. The van der Waals surface area contributed by atoms with Gasteiger partial charge in [-0.3, -0.25) is 9.78 Å². The number of H-pyrrole nitrogens is 1. The van der Waals surface area contributed by atoms with Crippen molar-refractivity contribution in [2.45, 2.75) is 6.18 Å². The van der Waals surface area contributed by atoms with Crippen molar-refractivity contribution >= 4 is 48.3 Å². The standard InChI is InChI=1S/C16H7BrF3N3OS/c17-10-4-8-11(5-9(10)16(18,19)20)22-14(23-15(8)24)12-3-7-1-2-25-13(7)6-21-12/h1-6H,(H,22,23,24). The van der Waals surface area contributed by atoms with Crippen molar-refractivity contribution in [2.24, 2.45) is 0 Å². The number of fused-ring (bicyclic) bond motifs is 2. The van der Waals surface area contributed by atoms with E-state index in [-0.39, 0.29) is 21.2 Å². The number of benzene rings is 1. The SMILES string of the molecule is O=c1[nH]c(-c2cc3ccsc3cn2)nc2cc(C(F)(F)F)c(Br)cc12. The Hall–Kier alpha value is -2.26. The first-order valence-electron chi connectivity index (χ1n) is 6.97. The van der Waals surface area contributed by atoms with Crippen molar-refractivity contribution in [3.05, 3.63) is 56.2 Å². The molecule has 0 spiro atoms. The first kappa shape index (κ1) is 16.2. The van der Waals surface area contributed by atoms with Crippen LogP contribution in [0.3, 0.4) is 0 Å². The topological polar surface area (TPSA) is 58.6 Å². The number of nitrogens with one attached hydrogen (secondary N) is 1. The molecule has 0 amide bonds. The third-order valence-corrected chi connectivity index (χ3v) is 5.21. The Morgan fingerprint density at radius 1 is 1.20 bits per heavy atom. The minimum Gasteiger partial charge on any atom is -0.305 e. The second-order valence-corrected chi connectivity index (χ2v) is 7.09. The number of halogens is 4. The van der Waals surface area contributed by atoms with Gasteiger partial charge in [0.05, 0.1) is 21.2 Å². The zero-order valence-electron chi connectivity index (χ0n) is 12.2. The Labute approximate surface area is 150 Å². The zero-order valence-corrected chi connectivity index (χ0v) is 14.6. The van der Waals surface area contributed by atoms with Gasteiger partial charge in [0.2, 0.25) is 0 Å². The number of aromatic nitrogens is 3. The van der Waals surface area contributed by atoms with Gasteiger partial charge in [0.1, 0.15) is 5.69 Å². The van der Waals surface area contributed by atoms with E-state index in [4.69, 9.17) is 0 Å². The van der Waals surface area contributed by atoms with Crippen LogP contribution >= 0.6 is 27.3 Å². The summed E-state index contributed by atoms with van der Waals surface area (Å²) in [6, 6.07) is 5.62. The van der Waals surface area contributed by atoms with Gasteiger partial charge in [-0.25, -0.2) is 4.98 Å². The summed E-state index contributed by atoms with van der Waals surface area (Å²) in [6.07, 6.45) is -2.91. The molecule has 0 unspecified atom stereocenters. The van der Waals surface area contributed by atoms with E-state index in [1.165, 1.54) is 11.3 Å². The quantitative estimate of drug-likeness (QED) is 0.467. The number of nitrogens with zero attached hydrogens (tertiary/aromatic N) is 2. The van der Waals surface area contributed by atoms with E-state index in [0.717, 1.165) is 22.2 Å². The van der Waals surface area contributed by atoms with Crippen molar-refractivity contribution in [3.8, 4) is 11.5 Å². The molecule has 4 rings (SSSR count). The fourth-order valence-corrected chi connectivity index (χ4v) is 3.80. The van der Waals surface area contributed by atoms with Crippen molar-refractivity contribution in [1.29, 1.82) is 0 Å². The van der Waals surface area contributed by atoms with Gasteiger partial charge in [0.25, 0.3) is 5.56 Å². The highest BCUT2D eigenvalue weighted by atomic mass is 79.9. The second kappa shape index (κ2) is 5.63. The molecule has 3 aromatic heterocycles.